The molecule has 0 saturated carbocycles. The van der Waals surface area contributed by atoms with Crippen molar-refractivity contribution in [1.82, 2.24) is 0 Å². The van der Waals surface area contributed by atoms with Gasteiger partial charge in [-0.15, -0.1) is 0 Å². The van der Waals surface area contributed by atoms with Crippen LogP contribution >= 0.6 is 0 Å². The molecule has 1 rings (SSSR count). The summed E-state index contributed by atoms with van der Waals surface area (Å²) in [5.74, 6) is 0. The SMILES string of the molecule is [B]c1ccc(NC(O)OC(C)(C)C)c(NC(=O)OC(C)(C)C)c1. The van der Waals surface area contributed by atoms with E-state index < -0.39 is 23.7 Å². The van der Waals surface area contributed by atoms with Crippen LogP contribution in [0.25, 0.3) is 0 Å². The highest BCUT2D eigenvalue weighted by Crippen LogP contribution is 2.23. The van der Waals surface area contributed by atoms with Crippen molar-refractivity contribution in [3.05, 3.63) is 18.2 Å². The Labute approximate surface area is 139 Å². The zero-order valence-electron chi connectivity index (χ0n) is 14.6. The van der Waals surface area contributed by atoms with Crippen LogP contribution in [0.1, 0.15) is 41.5 Å². The summed E-state index contributed by atoms with van der Waals surface area (Å²) in [5.41, 5.74) is 0.164. The molecule has 0 aliphatic rings. The number of anilines is 2. The number of hydrogen-bond donors (Lipinski definition) is 3. The smallest absolute Gasteiger partial charge is 0.412 e. The first kappa shape index (κ1) is 19.3. The summed E-state index contributed by atoms with van der Waals surface area (Å²) in [6, 6.07) is 4.85. The van der Waals surface area contributed by atoms with Gasteiger partial charge in [-0.05, 0) is 53.7 Å². The van der Waals surface area contributed by atoms with E-state index in [1.165, 1.54) is 0 Å². The van der Waals surface area contributed by atoms with E-state index in [4.69, 9.17) is 17.3 Å². The Balaban J connectivity index is 2.87. The summed E-state index contributed by atoms with van der Waals surface area (Å²) >= 11 is 0. The topological polar surface area (TPSA) is 79.8 Å². The maximum absolute atomic E-state index is 11.9. The van der Waals surface area contributed by atoms with Crippen molar-refractivity contribution in [1.29, 1.82) is 0 Å². The quantitative estimate of drug-likeness (QED) is 0.586. The molecule has 0 spiro atoms. The molecular weight excluding hydrogens is 295 g/mol. The maximum atomic E-state index is 11.9. The largest absolute Gasteiger partial charge is 0.444 e. The Morgan fingerprint density at radius 2 is 1.74 bits per heavy atom. The second-order valence-corrected chi connectivity index (χ2v) is 7.16. The Hall–Kier alpha value is -1.73. The van der Waals surface area contributed by atoms with Crippen LogP contribution in [0.3, 0.4) is 0 Å². The van der Waals surface area contributed by atoms with E-state index in [0.717, 1.165) is 0 Å². The Morgan fingerprint density at radius 3 is 2.26 bits per heavy atom. The fourth-order valence-corrected chi connectivity index (χ4v) is 1.70. The van der Waals surface area contributed by atoms with Crippen LogP contribution in [0.15, 0.2) is 18.2 Å². The van der Waals surface area contributed by atoms with E-state index in [-0.39, 0.29) is 0 Å². The van der Waals surface area contributed by atoms with Gasteiger partial charge >= 0.3 is 6.09 Å². The maximum Gasteiger partial charge on any atom is 0.412 e. The van der Waals surface area contributed by atoms with Gasteiger partial charge in [-0.3, -0.25) is 5.32 Å². The van der Waals surface area contributed by atoms with Gasteiger partial charge in [0.05, 0.1) is 17.0 Å². The fourth-order valence-electron chi connectivity index (χ4n) is 1.70. The highest BCUT2D eigenvalue weighted by molar-refractivity contribution is 6.32. The number of ether oxygens (including phenoxy) is 2. The molecule has 0 aliphatic carbocycles. The van der Waals surface area contributed by atoms with Gasteiger partial charge < -0.3 is 19.9 Å². The van der Waals surface area contributed by atoms with Gasteiger partial charge in [-0.2, -0.15) is 0 Å². The Bertz CT molecular complexity index is 550. The highest BCUT2D eigenvalue weighted by atomic mass is 16.6. The second-order valence-electron chi connectivity index (χ2n) is 7.16. The summed E-state index contributed by atoms with van der Waals surface area (Å²) < 4.78 is 10.6. The molecular formula is C16H25BN2O4. The number of aliphatic hydroxyl groups is 1. The molecule has 23 heavy (non-hydrogen) atoms. The van der Waals surface area contributed by atoms with Gasteiger partial charge in [0, 0.05) is 0 Å². The minimum Gasteiger partial charge on any atom is -0.444 e. The minimum absolute atomic E-state index is 0.385. The number of benzene rings is 1. The van der Waals surface area contributed by atoms with Gasteiger partial charge in [0.25, 0.3) is 0 Å². The predicted molar refractivity (Wildman–Crippen MR) is 92.2 cm³/mol. The van der Waals surface area contributed by atoms with Crippen LogP contribution in [0.5, 0.6) is 0 Å². The summed E-state index contributed by atoms with van der Waals surface area (Å²) in [7, 11) is 5.75. The average Bonchev–Trinajstić information content (AvgIpc) is 2.27. The minimum atomic E-state index is -1.24. The van der Waals surface area contributed by atoms with Crippen LogP contribution in [0.2, 0.25) is 0 Å². The Morgan fingerprint density at radius 1 is 1.13 bits per heavy atom. The molecule has 1 amide bonds. The van der Waals surface area contributed by atoms with E-state index in [0.29, 0.717) is 16.8 Å². The third-order valence-corrected chi connectivity index (χ3v) is 2.42. The molecule has 0 aliphatic heterocycles. The number of aliphatic hydroxyl groups excluding tert-OH is 1. The average molecular weight is 320 g/mol. The third kappa shape index (κ3) is 7.90. The number of carbonyl (C=O) groups excluding carboxylic acids is 1. The zero-order valence-corrected chi connectivity index (χ0v) is 14.6. The van der Waals surface area contributed by atoms with Crippen molar-refractivity contribution >= 4 is 30.8 Å². The molecule has 1 unspecified atom stereocenters. The zero-order chi connectivity index (χ0) is 17.8. The van der Waals surface area contributed by atoms with Crippen LogP contribution in [-0.2, 0) is 9.47 Å². The summed E-state index contributed by atoms with van der Waals surface area (Å²) in [6.45, 7) is 10.8. The summed E-state index contributed by atoms with van der Waals surface area (Å²) in [5, 5.41) is 15.3. The lowest BCUT2D eigenvalue weighted by Crippen LogP contribution is -2.33. The molecule has 7 heteroatoms. The van der Waals surface area contributed by atoms with Crippen molar-refractivity contribution < 1.29 is 19.4 Å². The number of hydrogen-bond acceptors (Lipinski definition) is 5. The molecule has 0 aromatic heterocycles. The number of carbonyl (C=O) groups is 1. The van der Waals surface area contributed by atoms with Crippen molar-refractivity contribution in [3.63, 3.8) is 0 Å². The lowest BCUT2D eigenvalue weighted by molar-refractivity contribution is -0.148. The van der Waals surface area contributed by atoms with Gasteiger partial charge in [0.15, 0.2) is 0 Å². The van der Waals surface area contributed by atoms with Gasteiger partial charge in [0.2, 0.25) is 6.41 Å². The molecule has 1 aromatic rings. The first-order valence-corrected chi connectivity index (χ1v) is 7.38. The highest BCUT2D eigenvalue weighted by Gasteiger charge is 2.20. The molecule has 1 aromatic carbocycles. The summed E-state index contributed by atoms with van der Waals surface area (Å²) in [4.78, 5) is 11.9. The van der Waals surface area contributed by atoms with Crippen LogP contribution in [-0.4, -0.2) is 36.7 Å². The predicted octanol–water partition coefficient (Wildman–Crippen LogP) is 2.33. The van der Waals surface area contributed by atoms with Crippen molar-refractivity contribution in [2.24, 2.45) is 0 Å². The number of nitrogens with one attached hydrogen (secondary N) is 2. The van der Waals surface area contributed by atoms with Gasteiger partial charge in [-0.1, -0.05) is 11.5 Å². The van der Waals surface area contributed by atoms with Gasteiger partial charge in [-0.25, -0.2) is 4.79 Å². The molecule has 0 fully saturated rings. The monoisotopic (exact) mass is 320 g/mol. The molecule has 2 radical (unpaired) electrons. The van der Waals surface area contributed by atoms with Gasteiger partial charge in [0.1, 0.15) is 13.4 Å². The van der Waals surface area contributed by atoms with E-state index in [1.54, 1.807) is 39.0 Å². The third-order valence-electron chi connectivity index (χ3n) is 2.42. The number of rotatable bonds is 4. The molecule has 0 bridgehead atoms. The van der Waals surface area contributed by atoms with E-state index in [1.807, 2.05) is 20.8 Å². The van der Waals surface area contributed by atoms with Crippen LogP contribution in [0.4, 0.5) is 16.2 Å². The molecule has 6 nitrogen and oxygen atoms in total. The van der Waals surface area contributed by atoms with Crippen LogP contribution in [0, 0.1) is 0 Å². The first-order chi connectivity index (χ1) is 10.4. The second kappa shape index (κ2) is 7.23. The summed E-state index contributed by atoms with van der Waals surface area (Å²) in [6.07, 6.45) is -1.85. The van der Waals surface area contributed by atoms with Crippen molar-refractivity contribution in [3.8, 4) is 0 Å². The van der Waals surface area contributed by atoms with Crippen molar-refractivity contribution in [2.75, 3.05) is 10.6 Å². The molecule has 126 valence electrons. The van der Waals surface area contributed by atoms with E-state index in [9.17, 15) is 9.90 Å². The lowest BCUT2D eigenvalue weighted by atomic mass is 9.95. The van der Waals surface area contributed by atoms with E-state index in [2.05, 4.69) is 10.6 Å². The number of amides is 1. The molecule has 3 N–H and O–H groups in total. The van der Waals surface area contributed by atoms with E-state index >= 15 is 0 Å². The lowest BCUT2D eigenvalue weighted by Gasteiger charge is -2.26. The first-order valence-electron chi connectivity index (χ1n) is 7.38. The fraction of sp³-hybridized carbons (Fsp3) is 0.562. The molecule has 0 heterocycles. The Kier molecular flexibility index (Phi) is 6.07. The molecule has 0 saturated heterocycles. The molecule has 1 atom stereocenters. The standard InChI is InChI=1S/C16H25BN2O4/c1-15(2,3)22-13(20)18-11-8-7-10(17)9-12(11)19-14(21)23-16(4,5)6/h7-9,13,18,20H,1-6H3,(H,19,21). The van der Waals surface area contributed by atoms with Crippen LogP contribution < -0.4 is 16.1 Å². The normalized spacial score (nSPS) is 13.3. The van der Waals surface area contributed by atoms with Crippen molar-refractivity contribution in [2.45, 2.75) is 59.2 Å².